The van der Waals surface area contributed by atoms with Crippen molar-refractivity contribution in [3.05, 3.63) is 24.5 Å². The molecule has 0 aliphatic heterocycles. The molecule has 0 aromatic carbocycles. The van der Waals surface area contributed by atoms with Crippen molar-refractivity contribution in [2.24, 2.45) is 0 Å². The maximum Gasteiger partial charge on any atom is 0.000496 e. The van der Waals surface area contributed by atoms with Gasteiger partial charge in [0.25, 0.3) is 0 Å². The monoisotopic (exact) mass is 185 g/mol. The molecule has 0 amide bonds. The molecule has 2 heteroatoms. The fourth-order valence-corrected chi connectivity index (χ4v) is 0.278. The molecule has 0 saturated heterocycles. The van der Waals surface area contributed by atoms with Gasteiger partial charge in [-0.25, -0.2) is 0 Å². The summed E-state index contributed by atoms with van der Waals surface area (Å²) in [6.45, 7) is 0. The van der Waals surface area contributed by atoms with Gasteiger partial charge in [-0.3, -0.25) is 0 Å². The van der Waals surface area contributed by atoms with Crippen LogP contribution in [0.2, 0.25) is 0 Å². The summed E-state index contributed by atoms with van der Waals surface area (Å²) in [6, 6.07) is 3.89. The Morgan fingerprint density at radius 2 is 1.50 bits per heavy atom. The Morgan fingerprint density at radius 3 is 1.67 bits per heavy atom. The second kappa shape index (κ2) is 3.34. The average Bonchev–Trinajstić information content (AvgIpc) is 1.76. The molecule has 0 atom stereocenters. The summed E-state index contributed by atoms with van der Waals surface area (Å²) in [7, 11) is 0. The van der Waals surface area contributed by atoms with E-state index in [0.29, 0.717) is 0 Å². The molecular weight excluding hydrogens is 177 g/mol. The van der Waals surface area contributed by atoms with Gasteiger partial charge in [0.15, 0.2) is 0 Å². The summed E-state index contributed by atoms with van der Waals surface area (Å²) in [4.78, 5) is 2.86. The van der Waals surface area contributed by atoms with Gasteiger partial charge in [0.1, 0.15) is 0 Å². The van der Waals surface area contributed by atoms with Crippen molar-refractivity contribution in [2.45, 2.75) is 0 Å². The molecule has 0 fully saturated rings. The van der Waals surface area contributed by atoms with E-state index in [0.717, 1.165) is 0 Å². The van der Waals surface area contributed by atoms with E-state index in [9.17, 15) is 0 Å². The molecule has 6 heavy (non-hydrogen) atoms. The van der Waals surface area contributed by atoms with Crippen molar-refractivity contribution >= 4 is 25.8 Å². The van der Waals surface area contributed by atoms with Crippen LogP contribution in [0.1, 0.15) is 0 Å². The molecule has 1 heterocycles. The average molecular weight is 185 g/mol. The van der Waals surface area contributed by atoms with E-state index in [2.05, 4.69) is 4.98 Å². The molecule has 1 N–H and O–H groups in total. The molecule has 0 aliphatic rings. The van der Waals surface area contributed by atoms with Crippen LogP contribution in [0, 0.1) is 0 Å². The predicted molar refractivity (Wildman–Crippen MR) is 30.7 cm³/mol. The van der Waals surface area contributed by atoms with Crippen LogP contribution in [0.15, 0.2) is 24.5 Å². The third kappa shape index (κ3) is 1.55. The minimum absolute atomic E-state index is 0. The van der Waals surface area contributed by atoms with Gasteiger partial charge in [-0.1, -0.05) is 0 Å². The number of rotatable bonds is 0. The third-order valence-corrected chi connectivity index (χ3v) is 0.496. The number of nitrogens with one attached hydrogen (secondary N) is 1. The van der Waals surface area contributed by atoms with Gasteiger partial charge in [-0.15, -0.1) is 0 Å². The van der Waals surface area contributed by atoms with Gasteiger partial charge in [0.05, 0.1) is 0 Å². The third-order valence-electron chi connectivity index (χ3n) is 0.496. The van der Waals surface area contributed by atoms with E-state index in [-0.39, 0.29) is 25.8 Å². The van der Waals surface area contributed by atoms with Crippen LogP contribution in [0.25, 0.3) is 0 Å². The zero-order valence-electron chi connectivity index (χ0n) is 2.81. The summed E-state index contributed by atoms with van der Waals surface area (Å²) < 4.78 is 0. The fourth-order valence-electron chi connectivity index (χ4n) is 0.278. The summed E-state index contributed by atoms with van der Waals surface area (Å²) in [6.07, 6.45) is 3.75. The molecule has 0 bridgehead atoms. The molecule has 1 rings (SSSR count). The molecule has 1 aromatic heterocycles. The number of aromatic amines is 1. The van der Waals surface area contributed by atoms with Crippen molar-refractivity contribution < 1.29 is 0 Å². The zero-order chi connectivity index (χ0) is 3.54. The smallest absolute Gasteiger partial charge is 0.000496 e. The Morgan fingerprint density at radius 1 is 1.00 bits per heavy atom. The first-order valence-corrected chi connectivity index (χ1v) is 1.58. The van der Waals surface area contributed by atoms with E-state index in [1.807, 2.05) is 24.5 Å². The van der Waals surface area contributed by atoms with E-state index in [4.69, 9.17) is 0 Å². The van der Waals surface area contributed by atoms with Crippen molar-refractivity contribution in [2.75, 3.05) is 0 Å². The molecule has 0 spiro atoms. The molecule has 0 radical (unpaired) electrons. The Hall–Kier alpha value is 0.150. The number of H-pyrrole nitrogens is 1. The predicted octanol–water partition coefficient (Wildman–Crippen LogP) is -0.169. The van der Waals surface area contributed by atoms with Gasteiger partial charge in [-0.05, 0) is 12.1 Å². The summed E-state index contributed by atoms with van der Waals surface area (Å²) in [5, 5.41) is 0. The summed E-state index contributed by atoms with van der Waals surface area (Å²) in [5.74, 6) is 0. The SMILES string of the molecule is [InH3].c1cc[nH]c1. The van der Waals surface area contributed by atoms with Gasteiger partial charge >= 0.3 is 25.8 Å². The molecule has 0 unspecified atom stereocenters. The minimum Gasteiger partial charge on any atom is -0.368 e. The Bertz CT molecular complexity index is 64.0. The van der Waals surface area contributed by atoms with E-state index >= 15 is 0 Å². The maximum absolute atomic E-state index is 2.86. The van der Waals surface area contributed by atoms with Gasteiger partial charge in [0, 0.05) is 12.4 Å². The van der Waals surface area contributed by atoms with E-state index in [1.165, 1.54) is 0 Å². The van der Waals surface area contributed by atoms with E-state index in [1.54, 1.807) is 0 Å². The topological polar surface area (TPSA) is 15.8 Å². The van der Waals surface area contributed by atoms with Gasteiger partial charge in [-0.2, -0.15) is 0 Å². The Balaban J connectivity index is 0.000000250. The Labute approximate surface area is 55.5 Å². The zero-order valence-corrected chi connectivity index (χ0v) is 2.81. The van der Waals surface area contributed by atoms with Crippen molar-refractivity contribution in [3.63, 3.8) is 0 Å². The van der Waals surface area contributed by atoms with Crippen LogP contribution in [0.3, 0.4) is 0 Å². The van der Waals surface area contributed by atoms with Crippen LogP contribution < -0.4 is 0 Å². The number of hydrogen-bond donors (Lipinski definition) is 1. The molecule has 0 saturated carbocycles. The quantitative estimate of drug-likeness (QED) is 0.577. The number of aromatic nitrogens is 1. The molecule has 0 aliphatic carbocycles. The van der Waals surface area contributed by atoms with Crippen LogP contribution >= 0.6 is 0 Å². The standard InChI is InChI=1S/C4H5N.In.3H/c1-2-4-5-3-1;;;;/h1-5H;;;;. The summed E-state index contributed by atoms with van der Waals surface area (Å²) >= 11 is 0. The summed E-state index contributed by atoms with van der Waals surface area (Å²) in [5.41, 5.74) is 0. The van der Waals surface area contributed by atoms with Crippen molar-refractivity contribution in [3.8, 4) is 0 Å². The molecular formula is C4H8InN. The molecule has 32 valence electrons. The molecule has 1 aromatic rings. The van der Waals surface area contributed by atoms with Gasteiger partial charge in [0.2, 0.25) is 0 Å². The van der Waals surface area contributed by atoms with Crippen molar-refractivity contribution in [1.82, 2.24) is 4.98 Å². The maximum atomic E-state index is 2.86. The number of hydrogen-bond acceptors (Lipinski definition) is 0. The minimum atomic E-state index is 0. The second-order valence-corrected chi connectivity index (χ2v) is 0.885. The van der Waals surface area contributed by atoms with E-state index < -0.39 is 0 Å². The second-order valence-electron chi connectivity index (χ2n) is 0.885. The molecule has 1 nitrogen and oxygen atoms in total. The first-order chi connectivity index (χ1) is 2.50. The first-order valence-electron chi connectivity index (χ1n) is 1.58. The van der Waals surface area contributed by atoms with Crippen LogP contribution in [-0.4, -0.2) is 30.8 Å². The van der Waals surface area contributed by atoms with Crippen LogP contribution in [0.5, 0.6) is 0 Å². The van der Waals surface area contributed by atoms with Crippen LogP contribution in [0.4, 0.5) is 0 Å². The van der Waals surface area contributed by atoms with Gasteiger partial charge < -0.3 is 4.98 Å². The largest absolute Gasteiger partial charge is 0.368 e. The van der Waals surface area contributed by atoms with Crippen molar-refractivity contribution in [1.29, 1.82) is 0 Å². The Kier molecular flexibility index (Phi) is 3.43. The normalized spacial score (nSPS) is 6.67. The first kappa shape index (κ1) is 6.15. The fraction of sp³-hybridized carbons (Fsp3) is 0. The van der Waals surface area contributed by atoms with Crippen LogP contribution in [-0.2, 0) is 0 Å².